The maximum Gasteiger partial charge on any atom is 0.416 e. The summed E-state index contributed by atoms with van der Waals surface area (Å²) in [7, 11) is 0. The fourth-order valence-corrected chi connectivity index (χ4v) is 5.56. The van der Waals surface area contributed by atoms with Gasteiger partial charge in [0, 0.05) is 56.7 Å². The van der Waals surface area contributed by atoms with Crippen LogP contribution in [0.4, 0.5) is 55.9 Å². The van der Waals surface area contributed by atoms with E-state index in [4.69, 9.17) is 14.6 Å². The molecule has 4 rings (SSSR count). The van der Waals surface area contributed by atoms with Crippen molar-refractivity contribution in [3.05, 3.63) is 76.6 Å². The number of hydrogen-bond donors (Lipinski definition) is 1. The molecule has 0 fully saturated rings. The van der Waals surface area contributed by atoms with Crippen LogP contribution >= 0.6 is 0 Å². The summed E-state index contributed by atoms with van der Waals surface area (Å²) in [4.78, 5) is 34.6. The molecule has 51 heavy (non-hydrogen) atoms. The molecule has 3 aromatic rings. The van der Waals surface area contributed by atoms with Gasteiger partial charge in [-0.05, 0) is 73.7 Å². The number of aliphatic carboxylic acids is 1. The van der Waals surface area contributed by atoms with Crippen molar-refractivity contribution in [1.82, 2.24) is 9.97 Å². The van der Waals surface area contributed by atoms with Gasteiger partial charge in [-0.15, -0.1) is 0 Å². The maximum atomic E-state index is 14.0. The number of ether oxygens (including phenoxy) is 2. The fourth-order valence-electron chi connectivity index (χ4n) is 5.56. The average molecular weight is 763 g/mol. The minimum Gasteiger partial charge on any atom is -0.490 e. The minimum absolute atomic E-state index is 0. The topological polar surface area (TPSA) is 105 Å². The number of fused-ring (bicyclic) bond motifs is 1. The number of amides is 1. The summed E-state index contributed by atoms with van der Waals surface area (Å²) in [6, 6.07) is 1.57. The number of alkyl halides is 9. The van der Waals surface area contributed by atoms with Gasteiger partial charge < -0.3 is 19.5 Å². The molecule has 0 unspecified atom stereocenters. The van der Waals surface area contributed by atoms with Crippen LogP contribution in [-0.2, 0) is 34.6 Å². The van der Waals surface area contributed by atoms with Gasteiger partial charge in [0.2, 0.25) is 5.95 Å². The number of hydrogen-bond acceptors (Lipinski definition) is 7. The molecule has 0 spiro atoms. The Bertz CT molecular complexity index is 1640. The number of anilines is 2. The first-order chi connectivity index (χ1) is 23.3. The standard InChI is InChI=1S/C32H31F9N4O5.Ca/c1-3-22-14-26(24-13-19(30(33,34)35)7-8-25(24)45(22)29(48)49-4-2)44(28-42-15-23(16-43-28)50-9-5-6-27(46)47)17-18-10-20(31(36,37)38)12-21(11-18)32(39,40)41;/h7-8,10-13,15-16,22,26H,3-6,9,14,17H2,1-2H3,(H,46,47);/t22-,26+;/m1./s1. The zero-order chi connectivity index (χ0) is 37.0. The van der Waals surface area contributed by atoms with Crippen molar-refractivity contribution < 1.29 is 63.7 Å². The zero-order valence-electron chi connectivity index (χ0n) is 27.2. The first-order valence-electron chi connectivity index (χ1n) is 15.2. The van der Waals surface area contributed by atoms with Gasteiger partial charge >= 0.3 is 30.6 Å². The smallest absolute Gasteiger partial charge is 0.416 e. The number of rotatable bonds is 11. The van der Waals surface area contributed by atoms with E-state index in [1.54, 1.807) is 6.92 Å². The van der Waals surface area contributed by atoms with Crippen LogP contribution in [0.1, 0.15) is 73.4 Å². The summed E-state index contributed by atoms with van der Waals surface area (Å²) in [6.45, 7) is 2.36. The van der Waals surface area contributed by atoms with Crippen molar-refractivity contribution in [2.24, 2.45) is 0 Å². The first-order valence-corrected chi connectivity index (χ1v) is 15.2. The minimum atomic E-state index is -5.18. The summed E-state index contributed by atoms with van der Waals surface area (Å²) in [5.41, 5.74) is -4.96. The third-order valence-electron chi connectivity index (χ3n) is 7.82. The van der Waals surface area contributed by atoms with Crippen LogP contribution in [0.5, 0.6) is 5.75 Å². The van der Waals surface area contributed by atoms with Gasteiger partial charge in [0.25, 0.3) is 0 Å². The predicted octanol–water partition coefficient (Wildman–Crippen LogP) is 8.29. The Hall–Kier alpha value is -3.51. The summed E-state index contributed by atoms with van der Waals surface area (Å²) in [5, 5.41) is 8.82. The van der Waals surface area contributed by atoms with E-state index in [-0.39, 0.29) is 106 Å². The van der Waals surface area contributed by atoms with Crippen LogP contribution in [0.25, 0.3) is 0 Å². The predicted molar refractivity (Wildman–Crippen MR) is 165 cm³/mol. The molecule has 1 aliphatic heterocycles. The number of carboxylic acid groups (broad SMARTS) is 1. The third kappa shape index (κ3) is 10.5. The second-order valence-electron chi connectivity index (χ2n) is 11.3. The molecule has 0 saturated heterocycles. The largest absolute Gasteiger partial charge is 0.490 e. The molecule has 2 heterocycles. The van der Waals surface area contributed by atoms with E-state index in [9.17, 15) is 49.1 Å². The van der Waals surface area contributed by atoms with Gasteiger partial charge in [-0.1, -0.05) is 6.92 Å². The van der Waals surface area contributed by atoms with Crippen molar-refractivity contribution in [2.75, 3.05) is 23.0 Å². The van der Waals surface area contributed by atoms with Gasteiger partial charge in [0.1, 0.15) is 0 Å². The zero-order valence-corrected chi connectivity index (χ0v) is 29.4. The summed E-state index contributed by atoms with van der Waals surface area (Å²) in [6.07, 6.45) is -13.8. The molecule has 0 aliphatic carbocycles. The van der Waals surface area contributed by atoms with E-state index in [2.05, 4.69) is 9.97 Å². The van der Waals surface area contributed by atoms with Gasteiger partial charge in [0.05, 0.1) is 54.0 Å². The number of aromatic nitrogens is 2. The monoisotopic (exact) mass is 762 g/mol. The molecular formula is C32H31CaF9N4O5. The molecule has 2 atom stereocenters. The Balaban J connectivity index is 0.00000702. The van der Waals surface area contributed by atoms with Crippen molar-refractivity contribution in [3.8, 4) is 5.75 Å². The Morgan fingerprint density at radius 1 is 0.902 bits per heavy atom. The molecular weight excluding hydrogens is 731 g/mol. The van der Waals surface area contributed by atoms with Gasteiger partial charge in [-0.25, -0.2) is 14.8 Å². The van der Waals surface area contributed by atoms with E-state index in [0.29, 0.717) is 12.1 Å². The van der Waals surface area contributed by atoms with E-state index < -0.39 is 71.5 Å². The fraction of sp³-hybridized carbons (Fsp3) is 0.438. The molecule has 2 aromatic carbocycles. The second-order valence-corrected chi connectivity index (χ2v) is 11.3. The summed E-state index contributed by atoms with van der Waals surface area (Å²) in [5.74, 6) is -1.31. The second kappa shape index (κ2) is 16.9. The molecule has 1 N–H and O–H groups in total. The van der Waals surface area contributed by atoms with Gasteiger partial charge in [-0.3, -0.25) is 9.69 Å². The molecule has 274 valence electrons. The number of carbonyl (C=O) groups excluding carboxylic acids is 1. The Labute approximate surface area is 315 Å². The Kier molecular flexibility index (Phi) is 13.9. The van der Waals surface area contributed by atoms with Crippen molar-refractivity contribution in [1.29, 1.82) is 0 Å². The van der Waals surface area contributed by atoms with E-state index in [1.165, 1.54) is 16.7 Å². The molecule has 19 heteroatoms. The normalized spacial score (nSPS) is 16.2. The number of carbonyl (C=O) groups is 2. The van der Waals surface area contributed by atoms with Crippen LogP contribution in [0.15, 0.2) is 48.8 Å². The van der Waals surface area contributed by atoms with Gasteiger partial charge in [-0.2, -0.15) is 39.5 Å². The molecule has 1 aromatic heterocycles. The van der Waals surface area contributed by atoms with Gasteiger partial charge in [0.15, 0.2) is 5.75 Å². The summed E-state index contributed by atoms with van der Waals surface area (Å²) < 4.78 is 135. The van der Waals surface area contributed by atoms with Crippen molar-refractivity contribution in [2.45, 2.75) is 76.7 Å². The first kappa shape index (κ1) is 41.9. The number of benzene rings is 2. The average Bonchev–Trinajstić information content (AvgIpc) is 3.03. The third-order valence-corrected chi connectivity index (χ3v) is 7.82. The quantitative estimate of drug-likeness (QED) is 0.118. The van der Waals surface area contributed by atoms with Crippen LogP contribution in [0.2, 0.25) is 0 Å². The molecule has 0 saturated carbocycles. The van der Waals surface area contributed by atoms with E-state index in [1.807, 2.05) is 0 Å². The molecule has 2 radical (unpaired) electrons. The Morgan fingerprint density at radius 3 is 2.00 bits per heavy atom. The summed E-state index contributed by atoms with van der Waals surface area (Å²) >= 11 is 0. The number of carboxylic acids is 1. The molecule has 0 bridgehead atoms. The number of halogens is 9. The van der Waals surface area contributed by atoms with Crippen LogP contribution in [0.3, 0.4) is 0 Å². The van der Waals surface area contributed by atoms with Crippen LogP contribution in [0, 0.1) is 0 Å². The molecule has 1 amide bonds. The Morgan fingerprint density at radius 2 is 1.49 bits per heavy atom. The van der Waals surface area contributed by atoms with E-state index >= 15 is 0 Å². The van der Waals surface area contributed by atoms with Crippen LogP contribution < -0.4 is 14.5 Å². The molecule has 9 nitrogen and oxygen atoms in total. The maximum absolute atomic E-state index is 14.0. The van der Waals surface area contributed by atoms with Crippen molar-refractivity contribution >= 4 is 61.4 Å². The van der Waals surface area contributed by atoms with Crippen LogP contribution in [-0.4, -0.2) is 84.1 Å². The number of nitrogens with zero attached hydrogens (tertiary/aromatic N) is 4. The molecule has 1 aliphatic rings. The van der Waals surface area contributed by atoms with Crippen molar-refractivity contribution in [3.63, 3.8) is 0 Å². The SMILES string of the molecule is CCOC(=O)N1c2ccc(C(F)(F)F)cc2[C@@H](N(Cc2cc(C(F)(F)F)cc(C(F)(F)F)c2)c2ncc(OCCCC(=O)O)cn2)C[C@H]1CC.[Ca]. The van der Waals surface area contributed by atoms with E-state index in [0.717, 1.165) is 30.6 Å².